The summed E-state index contributed by atoms with van der Waals surface area (Å²) < 4.78 is 0. The second-order valence-corrected chi connectivity index (χ2v) is 9.22. The van der Waals surface area contributed by atoms with Gasteiger partial charge in [-0.15, -0.1) is 0 Å². The van der Waals surface area contributed by atoms with Gasteiger partial charge in [0.1, 0.15) is 0 Å². The highest BCUT2D eigenvalue weighted by Gasteiger charge is 2.15. The van der Waals surface area contributed by atoms with Crippen molar-refractivity contribution in [3.63, 3.8) is 0 Å². The highest BCUT2D eigenvalue weighted by Crippen LogP contribution is 2.31. The monoisotopic (exact) mass is 537 g/mol. The van der Waals surface area contributed by atoms with E-state index >= 15 is 0 Å². The van der Waals surface area contributed by atoms with Crippen molar-refractivity contribution in [3.8, 4) is 0 Å². The number of anilines is 1. The first-order valence-electron chi connectivity index (χ1n) is 12.4. The van der Waals surface area contributed by atoms with Gasteiger partial charge < -0.3 is 26.2 Å². The number of amides is 1. The lowest BCUT2D eigenvalue weighted by Crippen LogP contribution is -2.22. The van der Waals surface area contributed by atoms with Crippen molar-refractivity contribution in [3.05, 3.63) is 99.6 Å². The normalized spacial score (nSPS) is 12.2. The largest absolute Gasteiger partial charge is 0.481 e. The number of aliphatic carboxylic acids is 2. The average molecular weight is 538 g/mol. The van der Waals surface area contributed by atoms with Crippen LogP contribution in [0.4, 0.5) is 5.69 Å². The lowest BCUT2D eigenvalue weighted by molar-refractivity contribution is -0.143. The summed E-state index contributed by atoms with van der Waals surface area (Å²) in [5.41, 5.74) is 6.55. The fraction of sp³-hybridized carbons (Fsp3) is 0.276. The summed E-state index contributed by atoms with van der Waals surface area (Å²) in [5.74, 6) is -2.22. The van der Waals surface area contributed by atoms with E-state index in [1.54, 1.807) is 0 Å². The first kappa shape index (κ1) is 28.7. The maximum absolute atomic E-state index is 12.4. The fourth-order valence-corrected chi connectivity index (χ4v) is 4.24. The number of carbonyl (C=O) groups excluding carboxylic acids is 1. The third kappa shape index (κ3) is 9.21. The summed E-state index contributed by atoms with van der Waals surface area (Å²) in [6.45, 7) is 3.15. The highest BCUT2D eigenvalue weighted by atomic mass is 35.5. The zero-order chi connectivity index (χ0) is 27.3. The van der Waals surface area contributed by atoms with Gasteiger partial charge in [0.2, 0.25) is 0 Å². The zero-order valence-corrected chi connectivity index (χ0v) is 21.8. The van der Waals surface area contributed by atoms with Crippen LogP contribution in [0.1, 0.15) is 45.5 Å². The predicted molar refractivity (Wildman–Crippen MR) is 148 cm³/mol. The zero-order valence-electron chi connectivity index (χ0n) is 21.0. The van der Waals surface area contributed by atoms with E-state index in [-0.39, 0.29) is 18.7 Å². The van der Waals surface area contributed by atoms with Crippen LogP contribution in [0.5, 0.6) is 0 Å². The molecule has 0 unspecified atom stereocenters. The molecule has 5 N–H and O–H groups in total. The number of carbonyl (C=O) groups is 3. The Morgan fingerprint density at radius 2 is 1.42 bits per heavy atom. The summed E-state index contributed by atoms with van der Waals surface area (Å²) in [5, 5.41) is 26.5. The molecule has 0 radical (unpaired) electrons. The minimum atomic E-state index is -1.08. The molecule has 1 amide bonds. The number of hydrogen-bond acceptors (Lipinski definition) is 5. The van der Waals surface area contributed by atoms with Crippen molar-refractivity contribution in [2.75, 3.05) is 18.4 Å². The summed E-state index contributed by atoms with van der Waals surface area (Å²) >= 11 is 6.50. The third-order valence-corrected chi connectivity index (χ3v) is 6.33. The van der Waals surface area contributed by atoms with Gasteiger partial charge in [-0.1, -0.05) is 60.1 Å². The van der Waals surface area contributed by atoms with E-state index in [4.69, 9.17) is 21.8 Å². The highest BCUT2D eigenvalue weighted by molar-refractivity contribution is 6.33. The molecule has 0 bridgehead atoms. The van der Waals surface area contributed by atoms with Crippen LogP contribution in [-0.4, -0.2) is 41.1 Å². The number of carboxylic acid groups (broad SMARTS) is 2. The Morgan fingerprint density at radius 1 is 0.789 bits per heavy atom. The number of hydrogen-bond donors (Lipinski definition) is 5. The molecule has 200 valence electrons. The van der Waals surface area contributed by atoms with Gasteiger partial charge in [-0.05, 0) is 66.4 Å². The Balaban J connectivity index is 0.000000436. The van der Waals surface area contributed by atoms with Crippen molar-refractivity contribution in [2.24, 2.45) is 0 Å². The van der Waals surface area contributed by atoms with Crippen molar-refractivity contribution >= 4 is 35.1 Å². The minimum Gasteiger partial charge on any atom is -0.481 e. The fourth-order valence-electron chi connectivity index (χ4n) is 3.99. The Hall–Kier alpha value is -3.88. The Kier molecular flexibility index (Phi) is 11.1. The van der Waals surface area contributed by atoms with Crippen LogP contribution in [0.25, 0.3) is 0 Å². The standard InChI is InChI=1S/C25H26ClN3O.C4H6O4/c26-23-11-10-20-12-14-27-15-13-22(20)24(23)28-16-19-6-8-21(9-7-19)25(30)29-17-18-4-2-1-3-5-18;5-3(6)1-2-4(7)8/h1-11,27-28H,12-17H2,(H,29,30);1-2H2,(H,5,6)(H,7,8). The molecule has 0 spiro atoms. The second-order valence-electron chi connectivity index (χ2n) is 8.82. The lowest BCUT2D eigenvalue weighted by Gasteiger charge is -2.16. The van der Waals surface area contributed by atoms with Gasteiger partial charge in [-0.25, -0.2) is 0 Å². The van der Waals surface area contributed by atoms with Crippen molar-refractivity contribution in [1.29, 1.82) is 0 Å². The third-order valence-electron chi connectivity index (χ3n) is 6.02. The first-order chi connectivity index (χ1) is 18.3. The molecule has 0 saturated heterocycles. The van der Waals surface area contributed by atoms with Crippen molar-refractivity contribution in [1.82, 2.24) is 10.6 Å². The average Bonchev–Trinajstić information content (AvgIpc) is 3.17. The Bertz CT molecular complexity index is 1220. The van der Waals surface area contributed by atoms with Gasteiger partial charge >= 0.3 is 11.9 Å². The van der Waals surface area contributed by atoms with Crippen LogP contribution in [0.2, 0.25) is 5.02 Å². The van der Waals surface area contributed by atoms with Crippen LogP contribution in [-0.2, 0) is 35.5 Å². The van der Waals surface area contributed by atoms with Crippen molar-refractivity contribution < 1.29 is 24.6 Å². The van der Waals surface area contributed by atoms with Crippen LogP contribution in [0.15, 0.2) is 66.7 Å². The molecule has 1 heterocycles. The number of carboxylic acids is 2. The SMILES string of the molecule is O=C(NCc1ccccc1)c1ccc(CNc2c(Cl)ccc3c2CCNCC3)cc1.O=C(O)CCC(=O)O. The van der Waals surface area contributed by atoms with Crippen molar-refractivity contribution in [2.45, 2.75) is 38.8 Å². The smallest absolute Gasteiger partial charge is 0.303 e. The van der Waals surface area contributed by atoms with E-state index in [1.165, 1.54) is 11.1 Å². The predicted octanol–water partition coefficient (Wildman–Crippen LogP) is 4.51. The molecule has 38 heavy (non-hydrogen) atoms. The Morgan fingerprint density at radius 3 is 2.08 bits per heavy atom. The topological polar surface area (TPSA) is 128 Å². The molecule has 3 aromatic carbocycles. The van der Waals surface area contributed by atoms with E-state index < -0.39 is 11.9 Å². The summed E-state index contributed by atoms with van der Waals surface area (Å²) in [7, 11) is 0. The lowest BCUT2D eigenvalue weighted by atomic mass is 10.0. The summed E-state index contributed by atoms with van der Waals surface area (Å²) in [6.07, 6.45) is 1.40. The van der Waals surface area contributed by atoms with Gasteiger partial charge in [-0.2, -0.15) is 0 Å². The van der Waals surface area contributed by atoms with Gasteiger partial charge in [0, 0.05) is 18.7 Å². The van der Waals surface area contributed by atoms with Crippen LogP contribution in [0, 0.1) is 0 Å². The molecule has 0 aliphatic carbocycles. The number of fused-ring (bicyclic) bond motifs is 1. The van der Waals surface area contributed by atoms with Gasteiger partial charge in [-0.3, -0.25) is 14.4 Å². The van der Waals surface area contributed by atoms with Crippen LogP contribution in [0.3, 0.4) is 0 Å². The molecule has 0 atom stereocenters. The van der Waals surface area contributed by atoms with E-state index in [0.717, 1.165) is 47.8 Å². The molecule has 0 saturated carbocycles. The number of rotatable bonds is 9. The van der Waals surface area contributed by atoms with Crippen LogP contribution < -0.4 is 16.0 Å². The summed E-state index contributed by atoms with van der Waals surface area (Å²) in [6, 6.07) is 21.7. The van der Waals surface area contributed by atoms with E-state index in [2.05, 4.69) is 22.0 Å². The molecule has 1 aliphatic rings. The molecule has 0 fully saturated rings. The molecule has 9 heteroatoms. The van der Waals surface area contributed by atoms with E-state index in [1.807, 2.05) is 60.7 Å². The van der Waals surface area contributed by atoms with E-state index in [9.17, 15) is 14.4 Å². The molecule has 3 aromatic rings. The van der Waals surface area contributed by atoms with Crippen LogP contribution >= 0.6 is 11.6 Å². The minimum absolute atomic E-state index is 0.0673. The maximum atomic E-state index is 12.4. The Labute approximate surface area is 227 Å². The van der Waals surface area contributed by atoms with Gasteiger partial charge in [0.05, 0.1) is 23.6 Å². The van der Waals surface area contributed by atoms with Gasteiger partial charge in [0.25, 0.3) is 5.91 Å². The molecule has 0 aromatic heterocycles. The van der Waals surface area contributed by atoms with Gasteiger partial charge in [0.15, 0.2) is 0 Å². The molecule has 4 rings (SSSR count). The molecule has 1 aliphatic heterocycles. The number of benzene rings is 3. The van der Waals surface area contributed by atoms with E-state index in [0.29, 0.717) is 18.7 Å². The first-order valence-corrected chi connectivity index (χ1v) is 12.8. The quantitative estimate of drug-likeness (QED) is 0.272. The molecule has 8 nitrogen and oxygen atoms in total. The number of halogens is 1. The molecular weight excluding hydrogens is 506 g/mol. The second kappa shape index (κ2) is 14.8. The number of nitrogens with one attached hydrogen (secondary N) is 3. The molecular formula is C29H32ClN3O5. The summed E-state index contributed by atoms with van der Waals surface area (Å²) in [4.78, 5) is 31.7. The maximum Gasteiger partial charge on any atom is 0.303 e.